The minimum atomic E-state index is -0.653. The highest BCUT2D eigenvalue weighted by Crippen LogP contribution is 2.31. The van der Waals surface area contributed by atoms with Gasteiger partial charge in [-0.15, -0.1) is 0 Å². The molecule has 1 saturated heterocycles. The quantitative estimate of drug-likeness (QED) is 0.541. The smallest absolute Gasteiger partial charge is 0.267 e. The van der Waals surface area contributed by atoms with Crippen molar-refractivity contribution in [3.8, 4) is 11.5 Å². The van der Waals surface area contributed by atoms with Crippen molar-refractivity contribution >= 4 is 23.6 Å². The number of ether oxygens (including phenoxy) is 2. The summed E-state index contributed by atoms with van der Waals surface area (Å²) < 4.78 is 11.5. The Morgan fingerprint density at radius 3 is 2.37 bits per heavy atom. The molecule has 2 aromatic rings. The number of rotatable bonds is 4. The highest BCUT2D eigenvalue weighted by atomic mass is 32.2. The van der Waals surface area contributed by atoms with E-state index in [4.69, 9.17) is 9.47 Å². The van der Waals surface area contributed by atoms with Crippen LogP contribution in [0.3, 0.4) is 0 Å². The normalized spacial score (nSPS) is 18.3. The number of hydrogen-bond donors (Lipinski definition) is 0. The van der Waals surface area contributed by atoms with Gasteiger partial charge in [0.1, 0.15) is 6.61 Å². The third kappa shape index (κ3) is 4.67. The summed E-state index contributed by atoms with van der Waals surface area (Å²) >= 11 is 1.34. The summed E-state index contributed by atoms with van der Waals surface area (Å²) in [5.74, 6) is 1.45. The van der Waals surface area contributed by atoms with Crippen LogP contribution in [0.2, 0.25) is 0 Å². The van der Waals surface area contributed by atoms with Gasteiger partial charge in [-0.1, -0.05) is 23.9 Å². The van der Waals surface area contributed by atoms with Crippen LogP contribution >= 0.6 is 11.8 Å². The zero-order chi connectivity index (χ0) is 21.1. The zero-order valence-electron chi connectivity index (χ0n) is 17.0. The van der Waals surface area contributed by atoms with Crippen LogP contribution in [0.1, 0.15) is 11.4 Å². The second-order valence-corrected chi connectivity index (χ2v) is 8.23. The molecule has 1 fully saturated rings. The monoisotopic (exact) mass is 428 g/mol. The lowest BCUT2D eigenvalue weighted by atomic mass is 10.2. The number of aryl methyl sites for hydroxylation is 2. The van der Waals surface area contributed by atoms with E-state index in [1.807, 2.05) is 38.1 Å². The van der Waals surface area contributed by atoms with E-state index in [1.54, 1.807) is 15.9 Å². The van der Waals surface area contributed by atoms with E-state index in [1.165, 1.54) is 11.8 Å². The van der Waals surface area contributed by atoms with Crippen molar-refractivity contribution in [1.29, 1.82) is 0 Å². The minimum absolute atomic E-state index is 0.0287. The van der Waals surface area contributed by atoms with Crippen LogP contribution in [0.4, 0.5) is 0 Å². The summed E-state index contributed by atoms with van der Waals surface area (Å²) in [6, 6.07) is 9.23. The topological polar surface area (TPSA) is 84.9 Å². The predicted molar refractivity (Wildman–Crippen MR) is 112 cm³/mol. The first kappa shape index (κ1) is 20.5. The Hall–Kier alpha value is -2.81. The van der Waals surface area contributed by atoms with E-state index >= 15 is 0 Å². The van der Waals surface area contributed by atoms with Crippen LogP contribution in [-0.4, -0.2) is 76.2 Å². The number of aromatic nitrogens is 2. The number of hydrogen-bond acceptors (Lipinski definition) is 7. The summed E-state index contributed by atoms with van der Waals surface area (Å²) in [5, 5.41) is 0.615. The number of para-hydroxylation sites is 2. The molecule has 0 radical (unpaired) electrons. The third-order valence-electron chi connectivity index (χ3n) is 5.01. The Kier molecular flexibility index (Phi) is 6.08. The summed E-state index contributed by atoms with van der Waals surface area (Å²) in [6.07, 6.45) is -0.653. The van der Waals surface area contributed by atoms with Gasteiger partial charge in [0.15, 0.2) is 16.7 Å². The average Bonchev–Trinajstić information content (AvgIpc) is 2.76. The van der Waals surface area contributed by atoms with Crippen LogP contribution in [0.15, 0.2) is 35.5 Å². The Morgan fingerprint density at radius 1 is 1.03 bits per heavy atom. The molecule has 2 aliphatic heterocycles. The lowest BCUT2D eigenvalue weighted by Gasteiger charge is -2.37. The van der Waals surface area contributed by atoms with Gasteiger partial charge in [0.05, 0.1) is 5.75 Å². The molecule has 4 rings (SSSR count). The SMILES string of the molecule is Cc1cc(C)nc(SCC(=O)N2CCN(C(=O)[C@H]3COc4ccccc4O3)CC2)n1. The maximum absolute atomic E-state index is 12.8. The average molecular weight is 429 g/mol. The molecule has 0 aliphatic carbocycles. The van der Waals surface area contributed by atoms with Gasteiger partial charge in [-0.25, -0.2) is 9.97 Å². The number of benzene rings is 1. The van der Waals surface area contributed by atoms with Crippen LogP contribution in [0.25, 0.3) is 0 Å². The highest BCUT2D eigenvalue weighted by molar-refractivity contribution is 7.99. The highest BCUT2D eigenvalue weighted by Gasteiger charge is 2.33. The maximum atomic E-state index is 12.8. The first-order valence-electron chi connectivity index (χ1n) is 9.90. The molecule has 0 saturated carbocycles. The number of carbonyl (C=O) groups is 2. The van der Waals surface area contributed by atoms with Crippen molar-refractivity contribution in [3.63, 3.8) is 0 Å². The molecule has 1 aromatic carbocycles. The molecule has 3 heterocycles. The maximum Gasteiger partial charge on any atom is 0.267 e. The van der Waals surface area contributed by atoms with Gasteiger partial charge < -0.3 is 19.3 Å². The molecule has 30 heavy (non-hydrogen) atoms. The molecule has 0 unspecified atom stereocenters. The number of nitrogens with zero attached hydrogens (tertiary/aromatic N) is 4. The molecule has 2 aliphatic rings. The van der Waals surface area contributed by atoms with Crippen molar-refractivity contribution in [2.45, 2.75) is 25.1 Å². The molecule has 158 valence electrons. The standard InChI is InChI=1S/C21H24N4O4S/c1-14-11-15(2)23-21(22-14)30-13-19(26)24-7-9-25(10-8-24)20(27)18-12-28-16-5-3-4-6-17(16)29-18/h3-6,11,18H,7-10,12-13H2,1-2H3/t18-/m1/s1. The molecule has 1 atom stereocenters. The largest absolute Gasteiger partial charge is 0.485 e. The molecule has 0 bridgehead atoms. The Morgan fingerprint density at radius 2 is 1.67 bits per heavy atom. The number of thioether (sulfide) groups is 1. The third-order valence-corrected chi connectivity index (χ3v) is 5.85. The van der Waals surface area contributed by atoms with Crippen LogP contribution < -0.4 is 9.47 Å². The van der Waals surface area contributed by atoms with Crippen molar-refractivity contribution in [2.24, 2.45) is 0 Å². The fraction of sp³-hybridized carbons (Fsp3) is 0.429. The summed E-state index contributed by atoms with van der Waals surface area (Å²) in [6.45, 7) is 5.99. The Bertz CT molecular complexity index is 926. The molecule has 9 heteroatoms. The first-order valence-corrected chi connectivity index (χ1v) is 10.9. The number of carbonyl (C=O) groups excluding carboxylic acids is 2. The molecule has 8 nitrogen and oxygen atoms in total. The molecule has 1 aromatic heterocycles. The fourth-order valence-electron chi connectivity index (χ4n) is 3.50. The Labute approximate surface area is 179 Å². The van der Waals surface area contributed by atoms with E-state index in [-0.39, 0.29) is 24.2 Å². The van der Waals surface area contributed by atoms with E-state index < -0.39 is 6.10 Å². The van der Waals surface area contributed by atoms with Crippen molar-refractivity contribution in [2.75, 3.05) is 38.5 Å². The fourth-order valence-corrected chi connectivity index (χ4v) is 4.35. The summed E-state index contributed by atoms with van der Waals surface area (Å²) in [4.78, 5) is 37.6. The van der Waals surface area contributed by atoms with Gasteiger partial charge in [-0.2, -0.15) is 0 Å². The summed E-state index contributed by atoms with van der Waals surface area (Å²) in [7, 11) is 0. The van der Waals surface area contributed by atoms with Gasteiger partial charge in [-0.05, 0) is 32.0 Å². The second kappa shape index (κ2) is 8.91. The molecular formula is C21H24N4O4S. The Balaban J connectivity index is 1.26. The minimum Gasteiger partial charge on any atom is -0.485 e. The van der Waals surface area contributed by atoms with E-state index in [9.17, 15) is 9.59 Å². The van der Waals surface area contributed by atoms with Gasteiger partial charge in [0.2, 0.25) is 12.0 Å². The lowest BCUT2D eigenvalue weighted by Crippen LogP contribution is -2.55. The molecular weight excluding hydrogens is 404 g/mol. The van der Waals surface area contributed by atoms with Crippen LogP contribution in [-0.2, 0) is 9.59 Å². The van der Waals surface area contributed by atoms with Crippen molar-refractivity contribution < 1.29 is 19.1 Å². The van der Waals surface area contributed by atoms with Crippen molar-refractivity contribution in [3.05, 3.63) is 41.7 Å². The van der Waals surface area contributed by atoms with Gasteiger partial charge in [0.25, 0.3) is 5.91 Å². The number of amides is 2. The number of piperazine rings is 1. The van der Waals surface area contributed by atoms with E-state index in [2.05, 4.69) is 9.97 Å². The van der Waals surface area contributed by atoms with Gasteiger partial charge in [-0.3, -0.25) is 9.59 Å². The van der Waals surface area contributed by atoms with Crippen LogP contribution in [0.5, 0.6) is 11.5 Å². The zero-order valence-corrected chi connectivity index (χ0v) is 17.9. The second-order valence-electron chi connectivity index (χ2n) is 7.29. The van der Waals surface area contributed by atoms with E-state index in [0.717, 1.165) is 11.4 Å². The predicted octanol–water partition coefficient (Wildman–Crippen LogP) is 1.70. The first-order chi connectivity index (χ1) is 14.5. The summed E-state index contributed by atoms with van der Waals surface area (Å²) in [5.41, 5.74) is 1.78. The van der Waals surface area contributed by atoms with Crippen LogP contribution in [0, 0.1) is 13.8 Å². The number of fused-ring (bicyclic) bond motifs is 1. The van der Waals surface area contributed by atoms with Gasteiger partial charge >= 0.3 is 0 Å². The van der Waals surface area contributed by atoms with Crippen molar-refractivity contribution in [1.82, 2.24) is 19.8 Å². The molecule has 0 N–H and O–H groups in total. The van der Waals surface area contributed by atoms with E-state index in [0.29, 0.717) is 42.8 Å². The molecule has 0 spiro atoms. The lowest BCUT2D eigenvalue weighted by molar-refractivity contribution is -0.145. The van der Waals surface area contributed by atoms with Gasteiger partial charge in [0, 0.05) is 37.6 Å². The molecule has 2 amide bonds.